The van der Waals surface area contributed by atoms with E-state index in [1.165, 1.54) is 12.8 Å². The van der Waals surface area contributed by atoms with Crippen LogP contribution in [0.15, 0.2) is 30.3 Å². The molecule has 1 saturated carbocycles. The van der Waals surface area contributed by atoms with Gasteiger partial charge in [0, 0.05) is 24.7 Å². The summed E-state index contributed by atoms with van der Waals surface area (Å²) >= 11 is 0. The van der Waals surface area contributed by atoms with Crippen LogP contribution in [-0.2, 0) is 4.79 Å². The van der Waals surface area contributed by atoms with Crippen LogP contribution in [0.25, 0.3) is 0 Å². The van der Waals surface area contributed by atoms with Crippen molar-refractivity contribution < 1.29 is 9.59 Å². The van der Waals surface area contributed by atoms with Gasteiger partial charge in [0.15, 0.2) is 0 Å². The molecule has 0 spiro atoms. The number of nitrogens with one attached hydrogen (secondary N) is 2. The Morgan fingerprint density at radius 3 is 2.58 bits per heavy atom. The molecule has 1 heterocycles. The molecule has 1 saturated heterocycles. The van der Waals surface area contributed by atoms with Gasteiger partial charge in [-0.15, -0.1) is 0 Å². The molecule has 2 aliphatic rings. The number of carbonyl (C=O) groups excluding carboxylic acids is 2. The molecule has 0 bridgehead atoms. The number of hydrogen-bond donors (Lipinski definition) is 2. The van der Waals surface area contributed by atoms with E-state index >= 15 is 0 Å². The topological polar surface area (TPSA) is 61.4 Å². The predicted molar refractivity (Wildman–Crippen MR) is 93.7 cm³/mol. The van der Waals surface area contributed by atoms with Gasteiger partial charge in [0.25, 0.3) is 5.91 Å². The first kappa shape index (κ1) is 17.0. The molecule has 5 heteroatoms. The van der Waals surface area contributed by atoms with Crippen molar-refractivity contribution in [3.05, 3.63) is 35.9 Å². The van der Waals surface area contributed by atoms with Crippen LogP contribution in [-0.4, -0.2) is 48.9 Å². The zero-order valence-electron chi connectivity index (χ0n) is 14.2. The number of amides is 2. The summed E-state index contributed by atoms with van der Waals surface area (Å²) in [5, 5.41) is 6.26. The van der Waals surface area contributed by atoms with E-state index in [1.54, 1.807) is 12.1 Å². The van der Waals surface area contributed by atoms with E-state index < -0.39 is 0 Å². The second-order valence-corrected chi connectivity index (χ2v) is 6.89. The summed E-state index contributed by atoms with van der Waals surface area (Å²) in [6.07, 6.45) is 5.71. The van der Waals surface area contributed by atoms with Gasteiger partial charge >= 0.3 is 0 Å². The predicted octanol–water partition coefficient (Wildman–Crippen LogP) is 1.80. The molecule has 2 amide bonds. The molecule has 1 aromatic rings. The van der Waals surface area contributed by atoms with Crippen LogP contribution in [0, 0.1) is 5.92 Å². The molecule has 0 radical (unpaired) electrons. The fourth-order valence-corrected chi connectivity index (χ4v) is 3.25. The highest BCUT2D eigenvalue weighted by Crippen LogP contribution is 2.27. The monoisotopic (exact) mass is 329 g/mol. The number of piperidine rings is 1. The lowest BCUT2D eigenvalue weighted by atomic mass is 10.0. The van der Waals surface area contributed by atoms with Crippen LogP contribution in [0.4, 0.5) is 0 Å². The number of hydrogen-bond acceptors (Lipinski definition) is 3. The van der Waals surface area contributed by atoms with Crippen molar-refractivity contribution in [1.29, 1.82) is 0 Å². The minimum atomic E-state index is -0.0690. The molecule has 5 nitrogen and oxygen atoms in total. The maximum absolute atomic E-state index is 12.5. The van der Waals surface area contributed by atoms with Gasteiger partial charge in [-0.1, -0.05) is 18.2 Å². The Hall–Kier alpha value is -1.88. The maximum atomic E-state index is 12.5. The van der Waals surface area contributed by atoms with Crippen LogP contribution in [0.2, 0.25) is 0 Å². The molecule has 0 aromatic heterocycles. The Balaban J connectivity index is 1.48. The summed E-state index contributed by atoms with van der Waals surface area (Å²) < 4.78 is 0. The first-order chi connectivity index (χ1) is 11.7. The Morgan fingerprint density at radius 1 is 1.04 bits per heavy atom. The SMILES string of the molecule is O=C(NCC1CCCCN1C(=O)CNCC1CC1)c1ccccc1. The van der Waals surface area contributed by atoms with Gasteiger partial charge in [-0.2, -0.15) is 0 Å². The lowest BCUT2D eigenvalue weighted by Crippen LogP contribution is -2.51. The van der Waals surface area contributed by atoms with E-state index in [4.69, 9.17) is 0 Å². The number of carbonyl (C=O) groups is 2. The molecule has 1 aliphatic heterocycles. The zero-order valence-corrected chi connectivity index (χ0v) is 14.2. The molecule has 1 aliphatic carbocycles. The van der Waals surface area contributed by atoms with E-state index in [-0.39, 0.29) is 17.9 Å². The van der Waals surface area contributed by atoms with Crippen molar-refractivity contribution in [1.82, 2.24) is 15.5 Å². The third kappa shape index (κ3) is 4.81. The standard InChI is InChI=1S/C19H27N3O2/c23-18(14-20-12-15-9-10-15)22-11-5-4-8-17(22)13-21-19(24)16-6-2-1-3-7-16/h1-3,6-7,15,17,20H,4-5,8-14H2,(H,21,24). The Labute approximate surface area is 143 Å². The average Bonchev–Trinajstić information content (AvgIpc) is 3.45. The van der Waals surface area contributed by atoms with Gasteiger partial charge in [0.1, 0.15) is 0 Å². The lowest BCUT2D eigenvalue weighted by molar-refractivity contribution is -0.133. The van der Waals surface area contributed by atoms with Crippen molar-refractivity contribution >= 4 is 11.8 Å². The third-order valence-corrected chi connectivity index (χ3v) is 4.89. The first-order valence-electron chi connectivity index (χ1n) is 9.07. The average molecular weight is 329 g/mol. The van der Waals surface area contributed by atoms with Gasteiger partial charge in [-0.05, 0) is 56.7 Å². The summed E-state index contributed by atoms with van der Waals surface area (Å²) in [6.45, 7) is 2.70. The summed E-state index contributed by atoms with van der Waals surface area (Å²) in [5.74, 6) is 0.870. The van der Waals surface area contributed by atoms with E-state index in [9.17, 15) is 9.59 Å². The summed E-state index contributed by atoms with van der Waals surface area (Å²) in [6, 6.07) is 9.34. The molecule has 24 heavy (non-hydrogen) atoms. The molecule has 2 fully saturated rings. The largest absolute Gasteiger partial charge is 0.350 e. The molecule has 1 unspecified atom stereocenters. The van der Waals surface area contributed by atoms with Crippen LogP contribution in [0.5, 0.6) is 0 Å². The van der Waals surface area contributed by atoms with Crippen LogP contribution < -0.4 is 10.6 Å². The van der Waals surface area contributed by atoms with E-state index in [0.29, 0.717) is 18.7 Å². The smallest absolute Gasteiger partial charge is 0.251 e. The summed E-state index contributed by atoms with van der Waals surface area (Å²) in [4.78, 5) is 26.6. The molecule has 1 aromatic carbocycles. The van der Waals surface area contributed by atoms with Gasteiger partial charge in [-0.3, -0.25) is 9.59 Å². The Bertz CT molecular complexity index is 557. The molecule has 1 atom stereocenters. The third-order valence-electron chi connectivity index (χ3n) is 4.89. The highest BCUT2D eigenvalue weighted by atomic mass is 16.2. The van der Waals surface area contributed by atoms with E-state index in [1.807, 2.05) is 23.1 Å². The Morgan fingerprint density at radius 2 is 1.83 bits per heavy atom. The summed E-state index contributed by atoms with van der Waals surface area (Å²) in [5.41, 5.74) is 0.664. The second-order valence-electron chi connectivity index (χ2n) is 6.89. The Kier molecular flexibility index (Phi) is 5.86. The quantitative estimate of drug-likeness (QED) is 0.802. The molecule has 2 N–H and O–H groups in total. The van der Waals surface area contributed by atoms with E-state index in [2.05, 4.69) is 10.6 Å². The summed E-state index contributed by atoms with van der Waals surface area (Å²) in [7, 11) is 0. The molecule has 130 valence electrons. The molecular weight excluding hydrogens is 302 g/mol. The molecule has 3 rings (SSSR count). The van der Waals surface area contributed by atoms with Crippen LogP contribution in [0.1, 0.15) is 42.5 Å². The normalized spacial score (nSPS) is 20.7. The number of benzene rings is 1. The van der Waals surface area contributed by atoms with Crippen molar-refractivity contribution in [2.45, 2.75) is 38.1 Å². The number of likely N-dealkylation sites (tertiary alicyclic amines) is 1. The van der Waals surface area contributed by atoms with Crippen LogP contribution >= 0.6 is 0 Å². The lowest BCUT2D eigenvalue weighted by Gasteiger charge is -2.36. The van der Waals surface area contributed by atoms with Crippen molar-refractivity contribution in [3.63, 3.8) is 0 Å². The van der Waals surface area contributed by atoms with Crippen LogP contribution in [0.3, 0.4) is 0 Å². The second kappa shape index (κ2) is 8.29. The van der Waals surface area contributed by atoms with Crippen molar-refractivity contribution in [2.75, 3.05) is 26.2 Å². The zero-order chi connectivity index (χ0) is 16.8. The minimum absolute atomic E-state index is 0.0690. The maximum Gasteiger partial charge on any atom is 0.251 e. The fraction of sp³-hybridized carbons (Fsp3) is 0.579. The molecular formula is C19H27N3O2. The van der Waals surface area contributed by atoms with E-state index in [0.717, 1.165) is 38.3 Å². The van der Waals surface area contributed by atoms with Gasteiger partial charge in [0.2, 0.25) is 5.91 Å². The van der Waals surface area contributed by atoms with Gasteiger partial charge in [0.05, 0.1) is 6.54 Å². The van der Waals surface area contributed by atoms with Gasteiger partial charge in [-0.25, -0.2) is 0 Å². The fourth-order valence-electron chi connectivity index (χ4n) is 3.25. The van der Waals surface area contributed by atoms with Crippen molar-refractivity contribution in [2.24, 2.45) is 5.92 Å². The first-order valence-corrected chi connectivity index (χ1v) is 9.07. The highest BCUT2D eigenvalue weighted by Gasteiger charge is 2.27. The van der Waals surface area contributed by atoms with Crippen molar-refractivity contribution in [3.8, 4) is 0 Å². The minimum Gasteiger partial charge on any atom is -0.350 e. The number of rotatable bonds is 7. The number of nitrogens with zero attached hydrogens (tertiary/aromatic N) is 1. The highest BCUT2D eigenvalue weighted by molar-refractivity contribution is 5.94. The van der Waals surface area contributed by atoms with Gasteiger partial charge < -0.3 is 15.5 Å².